The summed E-state index contributed by atoms with van der Waals surface area (Å²) in [6.45, 7) is 4.96. The van der Waals surface area contributed by atoms with Crippen LogP contribution in [-0.2, 0) is 9.53 Å². The van der Waals surface area contributed by atoms with Crippen LogP contribution in [0.3, 0.4) is 0 Å². The molecule has 0 spiro atoms. The van der Waals surface area contributed by atoms with E-state index in [4.69, 9.17) is 11.2 Å². The molecular formula is C5H8ClO2P. The molecule has 2 nitrogen and oxygen atoms in total. The number of halogens is 1. The first-order valence-electron chi connectivity index (χ1n) is 2.40. The zero-order chi connectivity index (χ0) is 7.28. The number of carbonyl (C=O) groups excluding carboxylic acids is 1. The lowest BCUT2D eigenvalue weighted by atomic mass is 10.6. The summed E-state index contributed by atoms with van der Waals surface area (Å²) >= 11 is 5.37. The van der Waals surface area contributed by atoms with E-state index in [-0.39, 0.29) is 13.8 Å². The van der Waals surface area contributed by atoms with Gasteiger partial charge in [-0.25, -0.2) is 4.79 Å². The van der Waals surface area contributed by atoms with Crippen LogP contribution in [0.4, 0.5) is 0 Å². The summed E-state index contributed by atoms with van der Waals surface area (Å²) in [6.07, 6.45) is 1.12. The number of esters is 1. The normalized spacial score (nSPS) is 13.6. The second kappa shape index (κ2) is 4.78. The van der Waals surface area contributed by atoms with E-state index in [0.29, 0.717) is 0 Å². The van der Waals surface area contributed by atoms with Gasteiger partial charge in [-0.1, -0.05) is 17.8 Å². The van der Waals surface area contributed by atoms with E-state index >= 15 is 0 Å². The quantitative estimate of drug-likeness (QED) is 0.364. The van der Waals surface area contributed by atoms with Gasteiger partial charge in [-0.3, -0.25) is 0 Å². The third-order valence-electron chi connectivity index (χ3n) is 0.613. The van der Waals surface area contributed by atoms with Crippen LogP contribution in [0.15, 0.2) is 12.7 Å². The second-order valence-corrected chi connectivity index (χ2v) is 3.08. The van der Waals surface area contributed by atoms with Crippen molar-refractivity contribution in [2.45, 2.75) is 12.8 Å². The highest BCUT2D eigenvalue weighted by atomic mass is 35.7. The van der Waals surface area contributed by atoms with Gasteiger partial charge in [-0.2, -0.15) is 0 Å². The minimum Gasteiger partial charge on any atom is -0.454 e. The van der Waals surface area contributed by atoms with Crippen molar-refractivity contribution in [3.8, 4) is 0 Å². The molecule has 0 rings (SSSR count). The highest BCUT2D eigenvalue weighted by Crippen LogP contribution is 2.24. The van der Waals surface area contributed by atoms with Gasteiger partial charge in [-0.05, 0) is 6.92 Å². The second-order valence-electron chi connectivity index (χ2n) is 1.39. The summed E-state index contributed by atoms with van der Waals surface area (Å²) in [6, 6.07) is 0. The summed E-state index contributed by atoms with van der Waals surface area (Å²) in [5.41, 5.74) is 0. The number of hydrogen-bond donors (Lipinski definition) is 0. The molecule has 0 heterocycles. The fourth-order valence-corrected chi connectivity index (χ4v) is 0.539. The predicted octanol–water partition coefficient (Wildman–Crippen LogP) is 1.89. The van der Waals surface area contributed by atoms with Gasteiger partial charge in [0, 0.05) is 14.0 Å². The molecule has 4 heteroatoms. The molecule has 0 fully saturated rings. The standard InChI is InChI=1S/C5H8ClO2P/c1-3-5(7)8-4(2)9-6/h3-4,9H,1H2,2H3. The molecular weight excluding hydrogens is 158 g/mol. The van der Waals surface area contributed by atoms with E-state index in [1.807, 2.05) is 0 Å². The molecule has 0 bridgehead atoms. The number of rotatable bonds is 3. The number of carbonyl (C=O) groups is 1. The van der Waals surface area contributed by atoms with Crippen molar-refractivity contribution < 1.29 is 9.53 Å². The van der Waals surface area contributed by atoms with Crippen molar-refractivity contribution in [3.63, 3.8) is 0 Å². The topological polar surface area (TPSA) is 26.3 Å². The van der Waals surface area contributed by atoms with Gasteiger partial charge in [-0.15, -0.1) is 0 Å². The van der Waals surface area contributed by atoms with Crippen molar-refractivity contribution in [1.29, 1.82) is 0 Å². The Balaban J connectivity index is 3.46. The first-order valence-corrected chi connectivity index (χ1v) is 4.49. The third-order valence-corrected chi connectivity index (χ3v) is 1.96. The van der Waals surface area contributed by atoms with Gasteiger partial charge in [0.2, 0.25) is 0 Å². The molecule has 0 amide bonds. The molecule has 0 saturated carbocycles. The summed E-state index contributed by atoms with van der Waals surface area (Å²) in [7, 11) is 0.109. The Morgan fingerprint density at radius 3 is 2.89 bits per heavy atom. The van der Waals surface area contributed by atoms with Crippen LogP contribution in [0, 0.1) is 0 Å². The van der Waals surface area contributed by atoms with Gasteiger partial charge < -0.3 is 4.74 Å². The van der Waals surface area contributed by atoms with Gasteiger partial charge in [0.15, 0.2) is 0 Å². The number of ether oxygens (including phenoxy) is 1. The van der Waals surface area contributed by atoms with Crippen molar-refractivity contribution in [3.05, 3.63) is 12.7 Å². The third kappa shape index (κ3) is 4.43. The van der Waals surface area contributed by atoms with E-state index in [1.54, 1.807) is 6.92 Å². The fraction of sp³-hybridized carbons (Fsp3) is 0.400. The van der Waals surface area contributed by atoms with E-state index < -0.39 is 5.97 Å². The van der Waals surface area contributed by atoms with Gasteiger partial charge in [0.05, 0.1) is 0 Å². The number of hydrogen-bond acceptors (Lipinski definition) is 2. The molecule has 9 heavy (non-hydrogen) atoms. The maximum atomic E-state index is 10.4. The maximum Gasteiger partial charge on any atom is 0.330 e. The lowest BCUT2D eigenvalue weighted by Gasteiger charge is -2.05. The largest absolute Gasteiger partial charge is 0.454 e. The van der Waals surface area contributed by atoms with Crippen molar-refractivity contribution >= 4 is 25.1 Å². The monoisotopic (exact) mass is 166 g/mol. The average molecular weight is 167 g/mol. The molecule has 52 valence electrons. The minimum absolute atomic E-state index is 0.109. The summed E-state index contributed by atoms with van der Waals surface area (Å²) in [5.74, 6) is -0.618. The summed E-state index contributed by atoms with van der Waals surface area (Å²) in [5, 5.41) is 0. The van der Waals surface area contributed by atoms with Gasteiger partial charge >= 0.3 is 5.97 Å². The summed E-state index contributed by atoms with van der Waals surface area (Å²) < 4.78 is 4.67. The first-order chi connectivity index (χ1) is 4.20. The Morgan fingerprint density at radius 1 is 2.00 bits per heavy atom. The molecule has 0 aromatic rings. The molecule has 0 aromatic carbocycles. The Hall–Kier alpha value is -0.0700. The molecule has 2 unspecified atom stereocenters. The highest BCUT2D eigenvalue weighted by molar-refractivity contribution is 7.68. The van der Waals surface area contributed by atoms with E-state index in [9.17, 15) is 4.79 Å². The SMILES string of the molecule is C=CC(=O)OC(C)PCl. The zero-order valence-corrected chi connectivity index (χ0v) is 6.81. The van der Waals surface area contributed by atoms with Gasteiger partial charge in [0.1, 0.15) is 5.85 Å². The maximum absolute atomic E-state index is 10.4. The average Bonchev–Trinajstić information content (AvgIpc) is 1.87. The van der Waals surface area contributed by atoms with Crippen molar-refractivity contribution in [1.82, 2.24) is 0 Å². The Kier molecular flexibility index (Phi) is 4.74. The van der Waals surface area contributed by atoms with Crippen LogP contribution < -0.4 is 0 Å². The van der Waals surface area contributed by atoms with E-state index in [0.717, 1.165) is 6.08 Å². The molecule has 0 aliphatic rings. The minimum atomic E-state index is -0.421. The molecule has 0 aliphatic carbocycles. The van der Waals surface area contributed by atoms with Crippen LogP contribution >= 0.6 is 19.2 Å². The predicted molar refractivity (Wildman–Crippen MR) is 39.9 cm³/mol. The molecule has 0 N–H and O–H groups in total. The lowest BCUT2D eigenvalue weighted by molar-refractivity contribution is -0.138. The highest BCUT2D eigenvalue weighted by Gasteiger charge is 2.02. The van der Waals surface area contributed by atoms with Crippen LogP contribution in [0.25, 0.3) is 0 Å². The Bertz CT molecular complexity index is 116. The van der Waals surface area contributed by atoms with E-state index in [2.05, 4.69) is 11.3 Å². The fourth-order valence-electron chi connectivity index (χ4n) is 0.245. The van der Waals surface area contributed by atoms with Gasteiger partial charge in [0.25, 0.3) is 0 Å². The van der Waals surface area contributed by atoms with Crippen LogP contribution in [0.5, 0.6) is 0 Å². The van der Waals surface area contributed by atoms with Crippen LogP contribution in [0.2, 0.25) is 0 Å². The molecule has 0 radical (unpaired) electrons. The molecule has 0 saturated heterocycles. The zero-order valence-electron chi connectivity index (χ0n) is 5.06. The summed E-state index contributed by atoms with van der Waals surface area (Å²) in [4.78, 5) is 10.4. The first kappa shape index (κ1) is 8.93. The van der Waals surface area contributed by atoms with Crippen molar-refractivity contribution in [2.24, 2.45) is 0 Å². The Morgan fingerprint density at radius 2 is 2.56 bits per heavy atom. The van der Waals surface area contributed by atoms with Crippen LogP contribution in [0.1, 0.15) is 6.92 Å². The van der Waals surface area contributed by atoms with E-state index in [1.165, 1.54) is 0 Å². The molecule has 0 aliphatic heterocycles. The smallest absolute Gasteiger partial charge is 0.330 e. The van der Waals surface area contributed by atoms with Crippen molar-refractivity contribution in [2.75, 3.05) is 0 Å². The Labute approximate surface area is 60.8 Å². The van der Waals surface area contributed by atoms with Crippen LogP contribution in [-0.4, -0.2) is 11.8 Å². The lowest BCUT2D eigenvalue weighted by Crippen LogP contribution is -2.05. The molecule has 0 aromatic heterocycles. The molecule has 2 atom stereocenters.